The van der Waals surface area contributed by atoms with Crippen molar-refractivity contribution < 1.29 is 38.2 Å². The summed E-state index contributed by atoms with van der Waals surface area (Å²) in [7, 11) is 2.68. The highest BCUT2D eigenvalue weighted by Gasteiger charge is 2.29. The molecule has 0 saturated heterocycles. The Bertz CT molecular complexity index is 1100. The van der Waals surface area contributed by atoms with Gasteiger partial charge in [-0.05, 0) is 71.3 Å². The van der Waals surface area contributed by atoms with Crippen LogP contribution in [0.1, 0.15) is 110 Å². The first kappa shape index (κ1) is 41.1. The number of unbranched alkanes of at least 4 members (excludes halogenated alkanes) is 7. The molecule has 47 heavy (non-hydrogen) atoms. The Kier molecular flexibility index (Phi) is 21.3. The topological polar surface area (TPSA) is 149 Å². The van der Waals surface area contributed by atoms with Crippen LogP contribution in [0.25, 0.3) is 0 Å². The molecule has 0 fully saturated rings. The molecule has 0 aliphatic carbocycles. The largest absolute Gasteiger partial charge is 0.469 e. The Morgan fingerprint density at radius 1 is 0.745 bits per heavy atom. The van der Waals surface area contributed by atoms with Gasteiger partial charge in [0.25, 0.3) is 0 Å². The summed E-state index contributed by atoms with van der Waals surface area (Å²) in [6.07, 6.45) is 14.2. The van der Waals surface area contributed by atoms with Crippen LogP contribution in [0, 0.1) is 0 Å². The van der Waals surface area contributed by atoms with E-state index in [1.165, 1.54) is 14.2 Å². The summed E-state index contributed by atoms with van der Waals surface area (Å²) in [6, 6.07) is 7.37. The first-order valence-corrected chi connectivity index (χ1v) is 16.8. The number of nitrogens with one attached hydrogen (secondary N) is 3. The standard InChI is InChI=1S/C36H57N3O8/c1-36(2,3)47-35(44)39-30(27-28-21-15-14-16-22-28)33(42)38-29(34(43)46-5)23-19-20-26-37-31(40)24-17-12-10-8-6-7-9-11-13-18-25-32(41)45-4/h10,12,14-16,21-22,29-30H,6-9,11,13,17-20,23-27H2,1-5H3,(H,37,40)(H,38,42)(H,39,44)/b12-10+/t29-,30-/m0/s1. The maximum atomic E-state index is 13.3. The van der Waals surface area contributed by atoms with Crippen molar-refractivity contribution in [2.24, 2.45) is 0 Å². The number of carbonyl (C=O) groups is 5. The molecule has 0 bridgehead atoms. The SMILES string of the molecule is COC(=O)CCCCCCCC/C=C/CCC(=O)NCCCC[C@H](NC(=O)[C@H](Cc1ccccc1)NC(=O)OC(C)(C)C)C(=O)OC. The highest BCUT2D eigenvalue weighted by molar-refractivity contribution is 5.90. The number of esters is 2. The molecule has 0 aliphatic rings. The lowest BCUT2D eigenvalue weighted by molar-refractivity contribution is -0.145. The minimum Gasteiger partial charge on any atom is -0.469 e. The zero-order chi connectivity index (χ0) is 34.9. The molecule has 264 valence electrons. The highest BCUT2D eigenvalue weighted by Crippen LogP contribution is 2.11. The molecule has 0 spiro atoms. The summed E-state index contributed by atoms with van der Waals surface area (Å²) in [4.78, 5) is 61.5. The van der Waals surface area contributed by atoms with Crippen molar-refractivity contribution in [1.82, 2.24) is 16.0 Å². The van der Waals surface area contributed by atoms with Gasteiger partial charge in [0.15, 0.2) is 0 Å². The normalized spacial score (nSPS) is 12.5. The fraction of sp³-hybridized carbons (Fsp3) is 0.639. The Hall–Kier alpha value is -3.89. The molecular weight excluding hydrogens is 602 g/mol. The minimum absolute atomic E-state index is 0.0311. The van der Waals surface area contributed by atoms with Crippen molar-refractivity contribution in [2.45, 2.75) is 128 Å². The lowest BCUT2D eigenvalue weighted by Crippen LogP contribution is -2.53. The van der Waals surface area contributed by atoms with Crippen LogP contribution in [0.2, 0.25) is 0 Å². The van der Waals surface area contributed by atoms with E-state index in [0.717, 1.165) is 50.5 Å². The molecular formula is C36H57N3O8. The van der Waals surface area contributed by atoms with Gasteiger partial charge in [-0.15, -0.1) is 0 Å². The number of amides is 3. The van der Waals surface area contributed by atoms with Gasteiger partial charge < -0.3 is 30.2 Å². The minimum atomic E-state index is -0.969. The number of allylic oxidation sites excluding steroid dienone is 2. The van der Waals surface area contributed by atoms with Crippen LogP contribution in [-0.4, -0.2) is 68.3 Å². The van der Waals surface area contributed by atoms with Gasteiger partial charge in [0.05, 0.1) is 14.2 Å². The second kappa shape index (κ2) is 24.3. The summed E-state index contributed by atoms with van der Waals surface area (Å²) in [5.41, 5.74) is 0.0933. The fourth-order valence-electron chi connectivity index (χ4n) is 4.75. The van der Waals surface area contributed by atoms with Crippen LogP contribution in [0.3, 0.4) is 0 Å². The van der Waals surface area contributed by atoms with Crippen molar-refractivity contribution >= 4 is 29.8 Å². The van der Waals surface area contributed by atoms with Crippen molar-refractivity contribution in [3.63, 3.8) is 0 Å². The van der Waals surface area contributed by atoms with Crippen LogP contribution < -0.4 is 16.0 Å². The first-order chi connectivity index (χ1) is 22.4. The number of alkyl carbamates (subject to hydrolysis) is 1. The number of hydrogen-bond acceptors (Lipinski definition) is 8. The monoisotopic (exact) mass is 659 g/mol. The number of rotatable bonds is 23. The summed E-state index contributed by atoms with van der Waals surface area (Å²) < 4.78 is 14.9. The van der Waals surface area contributed by atoms with E-state index in [1.807, 2.05) is 36.4 Å². The second-order valence-electron chi connectivity index (χ2n) is 12.6. The molecule has 0 saturated carbocycles. The maximum Gasteiger partial charge on any atom is 0.408 e. The Morgan fingerprint density at radius 3 is 2.06 bits per heavy atom. The molecule has 0 aliphatic heterocycles. The summed E-state index contributed by atoms with van der Waals surface area (Å²) in [5.74, 6) is -1.28. The van der Waals surface area contributed by atoms with Crippen molar-refractivity contribution in [3.8, 4) is 0 Å². The predicted molar refractivity (Wildman–Crippen MR) is 181 cm³/mol. The van der Waals surface area contributed by atoms with E-state index >= 15 is 0 Å². The number of ether oxygens (including phenoxy) is 3. The lowest BCUT2D eigenvalue weighted by Gasteiger charge is -2.25. The highest BCUT2D eigenvalue weighted by atomic mass is 16.6. The van der Waals surface area contributed by atoms with Gasteiger partial charge in [-0.25, -0.2) is 9.59 Å². The zero-order valence-corrected chi connectivity index (χ0v) is 29.1. The van der Waals surface area contributed by atoms with Gasteiger partial charge in [0.2, 0.25) is 11.8 Å². The van der Waals surface area contributed by atoms with Crippen LogP contribution in [0.5, 0.6) is 0 Å². The lowest BCUT2D eigenvalue weighted by atomic mass is 10.0. The van der Waals surface area contributed by atoms with Gasteiger partial charge >= 0.3 is 18.0 Å². The molecule has 1 aromatic carbocycles. The van der Waals surface area contributed by atoms with Gasteiger partial charge in [-0.1, -0.05) is 68.2 Å². The quantitative estimate of drug-likeness (QED) is 0.0587. The summed E-state index contributed by atoms with van der Waals surface area (Å²) >= 11 is 0. The molecule has 0 heterocycles. The van der Waals surface area contributed by atoms with Crippen LogP contribution in [-0.2, 0) is 39.8 Å². The number of carbonyl (C=O) groups excluding carboxylic acids is 5. The molecule has 3 amide bonds. The van der Waals surface area contributed by atoms with E-state index in [0.29, 0.717) is 45.1 Å². The van der Waals surface area contributed by atoms with E-state index in [-0.39, 0.29) is 18.3 Å². The second-order valence-corrected chi connectivity index (χ2v) is 12.6. The smallest absolute Gasteiger partial charge is 0.408 e. The van der Waals surface area contributed by atoms with Crippen molar-refractivity contribution in [2.75, 3.05) is 20.8 Å². The predicted octanol–water partition coefficient (Wildman–Crippen LogP) is 5.70. The molecule has 2 atom stereocenters. The van der Waals surface area contributed by atoms with E-state index in [4.69, 9.17) is 9.47 Å². The third kappa shape index (κ3) is 21.5. The Morgan fingerprint density at radius 2 is 1.40 bits per heavy atom. The molecule has 11 nitrogen and oxygen atoms in total. The summed E-state index contributed by atoms with van der Waals surface area (Å²) in [5, 5.41) is 8.27. The number of methoxy groups -OCH3 is 2. The van der Waals surface area contributed by atoms with E-state index < -0.39 is 35.7 Å². The van der Waals surface area contributed by atoms with Crippen LogP contribution in [0.15, 0.2) is 42.5 Å². The maximum absolute atomic E-state index is 13.3. The molecule has 3 N–H and O–H groups in total. The Labute approximate surface area is 280 Å². The number of benzene rings is 1. The molecule has 1 aromatic rings. The average molecular weight is 660 g/mol. The van der Waals surface area contributed by atoms with Crippen LogP contribution in [0.4, 0.5) is 4.79 Å². The third-order valence-corrected chi connectivity index (χ3v) is 7.27. The molecule has 0 aromatic heterocycles. The van der Waals surface area contributed by atoms with E-state index in [9.17, 15) is 24.0 Å². The third-order valence-electron chi connectivity index (χ3n) is 7.27. The van der Waals surface area contributed by atoms with Gasteiger partial charge in [0, 0.05) is 25.8 Å². The van der Waals surface area contributed by atoms with Crippen molar-refractivity contribution in [1.29, 1.82) is 0 Å². The molecule has 0 unspecified atom stereocenters. The van der Waals surface area contributed by atoms with E-state index in [2.05, 4.69) is 26.8 Å². The zero-order valence-electron chi connectivity index (χ0n) is 29.1. The first-order valence-electron chi connectivity index (χ1n) is 16.8. The van der Waals surface area contributed by atoms with Crippen molar-refractivity contribution in [3.05, 3.63) is 48.0 Å². The Balaban J connectivity index is 2.37. The number of hydrogen-bond donors (Lipinski definition) is 3. The molecule has 1 rings (SSSR count). The average Bonchev–Trinajstić information content (AvgIpc) is 3.03. The molecule has 0 radical (unpaired) electrons. The fourth-order valence-corrected chi connectivity index (χ4v) is 4.75. The van der Waals surface area contributed by atoms with Gasteiger partial charge in [-0.3, -0.25) is 14.4 Å². The van der Waals surface area contributed by atoms with E-state index in [1.54, 1.807) is 20.8 Å². The molecule has 11 heteroatoms. The summed E-state index contributed by atoms with van der Waals surface area (Å²) in [6.45, 7) is 5.66. The van der Waals surface area contributed by atoms with Gasteiger partial charge in [0.1, 0.15) is 17.7 Å². The van der Waals surface area contributed by atoms with Gasteiger partial charge in [-0.2, -0.15) is 0 Å². The van der Waals surface area contributed by atoms with Crippen LogP contribution >= 0.6 is 0 Å².